The smallest absolute Gasteiger partial charge is 0.284 e. The number of rotatable bonds is 2. The maximum atomic E-state index is 5.53. The first-order valence-electron chi connectivity index (χ1n) is 7.34. The molecule has 0 bridgehead atoms. The van der Waals surface area contributed by atoms with E-state index in [9.17, 15) is 0 Å². The number of nitrogens with zero attached hydrogens (tertiary/aromatic N) is 2. The Labute approximate surface area is 157 Å². The number of aromatic amines is 2. The van der Waals surface area contributed by atoms with Gasteiger partial charge in [-0.2, -0.15) is 0 Å². The van der Waals surface area contributed by atoms with Gasteiger partial charge in [-0.1, -0.05) is 0 Å². The highest BCUT2D eigenvalue weighted by atomic mass is 32.1. The van der Waals surface area contributed by atoms with E-state index in [-0.39, 0.29) is 9.67 Å². The molecule has 2 heterocycles. The highest BCUT2D eigenvalue weighted by Crippen LogP contribution is 2.18. The number of benzene rings is 2. The molecule has 0 amide bonds. The van der Waals surface area contributed by atoms with E-state index in [1.54, 1.807) is 24.3 Å². The quantitative estimate of drug-likeness (QED) is 0.300. The van der Waals surface area contributed by atoms with E-state index in [0.29, 0.717) is 23.2 Å². The van der Waals surface area contributed by atoms with Crippen molar-refractivity contribution in [1.29, 1.82) is 0 Å². The van der Waals surface area contributed by atoms with Crippen LogP contribution >= 0.6 is 24.4 Å². The van der Waals surface area contributed by atoms with Crippen molar-refractivity contribution in [3.63, 3.8) is 0 Å². The van der Waals surface area contributed by atoms with Gasteiger partial charge in [0.2, 0.25) is 11.8 Å². The second kappa shape index (κ2) is 7.76. The van der Waals surface area contributed by atoms with Crippen LogP contribution in [-0.4, -0.2) is 20.4 Å². The van der Waals surface area contributed by atoms with Gasteiger partial charge in [0.15, 0.2) is 0 Å². The minimum Gasteiger partial charge on any atom is -0.409 e. The normalized spacial score (nSPS) is 10.2. The first-order chi connectivity index (χ1) is 12.5. The predicted molar refractivity (Wildman–Crippen MR) is 103 cm³/mol. The summed E-state index contributed by atoms with van der Waals surface area (Å²) in [6, 6.07) is 14.4. The Morgan fingerprint density at radius 1 is 0.654 bits per heavy atom. The van der Waals surface area contributed by atoms with Gasteiger partial charge in [0, 0.05) is 22.5 Å². The lowest BCUT2D eigenvalue weighted by atomic mass is 10.2. The lowest BCUT2D eigenvalue weighted by Crippen LogP contribution is -1.83. The van der Waals surface area contributed by atoms with E-state index in [0.717, 1.165) is 11.1 Å². The SMILES string of the molecule is Nc1ccc(-c2n[nH]c(=S)o2)cc1.Nc1ccc(-c2n[nH]c(=S)o2)cc1. The molecule has 0 radical (unpaired) electrons. The minimum absolute atomic E-state index is 0.270. The van der Waals surface area contributed by atoms with E-state index >= 15 is 0 Å². The third kappa shape index (κ3) is 4.43. The largest absolute Gasteiger partial charge is 0.409 e. The Hall–Kier alpha value is -3.24. The Kier molecular flexibility index (Phi) is 5.25. The van der Waals surface area contributed by atoms with E-state index in [1.807, 2.05) is 24.3 Å². The van der Waals surface area contributed by atoms with E-state index in [4.69, 9.17) is 44.7 Å². The molecule has 4 aromatic rings. The van der Waals surface area contributed by atoms with Crippen LogP contribution < -0.4 is 11.5 Å². The van der Waals surface area contributed by atoms with Crippen molar-refractivity contribution < 1.29 is 8.83 Å². The third-order valence-electron chi connectivity index (χ3n) is 3.19. The summed E-state index contributed by atoms with van der Waals surface area (Å²) >= 11 is 9.50. The molecule has 6 N–H and O–H groups in total. The molecule has 0 spiro atoms. The average Bonchev–Trinajstić information content (AvgIpc) is 3.25. The van der Waals surface area contributed by atoms with Crippen molar-refractivity contribution in [1.82, 2.24) is 20.4 Å². The van der Waals surface area contributed by atoms with Crippen molar-refractivity contribution in [2.45, 2.75) is 0 Å². The maximum absolute atomic E-state index is 5.53. The molecule has 0 aliphatic carbocycles. The van der Waals surface area contributed by atoms with Crippen LogP contribution in [0, 0.1) is 9.67 Å². The number of hydrogen-bond acceptors (Lipinski definition) is 8. The van der Waals surface area contributed by atoms with Crippen molar-refractivity contribution in [2.24, 2.45) is 0 Å². The predicted octanol–water partition coefficient (Wildman–Crippen LogP) is 3.96. The zero-order chi connectivity index (χ0) is 18.5. The zero-order valence-corrected chi connectivity index (χ0v) is 14.9. The van der Waals surface area contributed by atoms with Crippen molar-refractivity contribution >= 4 is 35.8 Å². The van der Waals surface area contributed by atoms with Gasteiger partial charge in [-0.15, -0.1) is 10.2 Å². The standard InChI is InChI=1S/2C8H7N3OS/c2*9-6-3-1-5(2-4-6)7-10-11-8(13)12-7/h2*1-4H,9H2,(H,11,13). The molecule has 0 saturated carbocycles. The number of H-pyrrole nitrogens is 2. The molecule has 4 rings (SSSR count). The van der Waals surface area contributed by atoms with Gasteiger partial charge in [0.1, 0.15) is 0 Å². The summed E-state index contributed by atoms with van der Waals surface area (Å²) in [6.45, 7) is 0. The van der Waals surface area contributed by atoms with Gasteiger partial charge in [-0.25, -0.2) is 10.2 Å². The molecule has 132 valence electrons. The summed E-state index contributed by atoms with van der Waals surface area (Å²) < 4.78 is 10.2. The van der Waals surface area contributed by atoms with Gasteiger partial charge >= 0.3 is 0 Å². The van der Waals surface area contributed by atoms with Crippen LogP contribution in [0.15, 0.2) is 57.4 Å². The monoisotopic (exact) mass is 386 g/mol. The molecule has 8 nitrogen and oxygen atoms in total. The minimum atomic E-state index is 0.270. The molecular weight excluding hydrogens is 372 g/mol. The molecule has 0 aliphatic rings. The first-order valence-corrected chi connectivity index (χ1v) is 8.16. The number of anilines is 2. The Balaban J connectivity index is 0.000000151. The summed E-state index contributed by atoms with van der Waals surface area (Å²) in [6.07, 6.45) is 0. The number of nitrogen functional groups attached to an aromatic ring is 2. The number of nitrogens with two attached hydrogens (primary N) is 2. The van der Waals surface area contributed by atoms with Crippen LogP contribution in [0.5, 0.6) is 0 Å². The molecule has 0 aliphatic heterocycles. The molecule has 2 aromatic carbocycles. The fraction of sp³-hybridized carbons (Fsp3) is 0. The summed E-state index contributed by atoms with van der Waals surface area (Å²) in [5.41, 5.74) is 14.2. The van der Waals surface area contributed by atoms with Gasteiger partial charge < -0.3 is 20.3 Å². The van der Waals surface area contributed by atoms with Crippen LogP contribution in [0.3, 0.4) is 0 Å². The number of hydrogen-bond donors (Lipinski definition) is 4. The lowest BCUT2D eigenvalue weighted by Gasteiger charge is -1.94. The molecule has 0 atom stereocenters. The van der Waals surface area contributed by atoms with Crippen LogP contribution in [0.2, 0.25) is 0 Å². The van der Waals surface area contributed by atoms with Crippen molar-refractivity contribution in [2.75, 3.05) is 11.5 Å². The Bertz CT molecular complexity index is 1000. The molecule has 0 unspecified atom stereocenters. The second-order valence-electron chi connectivity index (χ2n) is 5.08. The fourth-order valence-corrected chi connectivity index (χ4v) is 2.21. The van der Waals surface area contributed by atoms with Crippen LogP contribution in [0.1, 0.15) is 0 Å². The number of nitrogens with one attached hydrogen (secondary N) is 2. The fourth-order valence-electron chi connectivity index (χ4n) is 1.96. The zero-order valence-electron chi connectivity index (χ0n) is 13.3. The van der Waals surface area contributed by atoms with Crippen molar-refractivity contribution in [3.8, 4) is 22.9 Å². The molecule has 0 saturated heterocycles. The van der Waals surface area contributed by atoms with Gasteiger partial charge in [0.25, 0.3) is 9.67 Å². The summed E-state index contributed by atoms with van der Waals surface area (Å²) in [5, 5.41) is 12.9. The van der Waals surface area contributed by atoms with Gasteiger partial charge in [0.05, 0.1) is 0 Å². The van der Waals surface area contributed by atoms with E-state index in [1.165, 1.54) is 0 Å². The first kappa shape index (κ1) is 17.6. The highest BCUT2D eigenvalue weighted by molar-refractivity contribution is 7.71. The Morgan fingerprint density at radius 3 is 1.27 bits per heavy atom. The lowest BCUT2D eigenvalue weighted by molar-refractivity contribution is 0.551. The van der Waals surface area contributed by atoms with Crippen LogP contribution in [0.4, 0.5) is 11.4 Å². The molecule has 10 heteroatoms. The van der Waals surface area contributed by atoms with Crippen molar-refractivity contribution in [3.05, 3.63) is 58.2 Å². The summed E-state index contributed by atoms with van der Waals surface area (Å²) in [4.78, 5) is 0.540. The topological polar surface area (TPSA) is 136 Å². The molecule has 2 aromatic heterocycles. The maximum Gasteiger partial charge on any atom is 0.284 e. The number of aromatic nitrogens is 4. The van der Waals surface area contributed by atoms with Crippen LogP contribution in [0.25, 0.3) is 22.9 Å². The highest BCUT2D eigenvalue weighted by Gasteiger charge is 2.02. The summed E-state index contributed by atoms with van der Waals surface area (Å²) in [5.74, 6) is 0.954. The molecule has 0 fully saturated rings. The van der Waals surface area contributed by atoms with E-state index < -0.39 is 0 Å². The van der Waals surface area contributed by atoms with Gasteiger partial charge in [-0.05, 0) is 73.0 Å². The Morgan fingerprint density at radius 2 is 1.00 bits per heavy atom. The molecular formula is C16H14N6O2S2. The summed E-state index contributed by atoms with van der Waals surface area (Å²) in [7, 11) is 0. The van der Waals surface area contributed by atoms with Crippen LogP contribution in [-0.2, 0) is 0 Å². The second-order valence-corrected chi connectivity index (χ2v) is 5.82. The molecule has 26 heavy (non-hydrogen) atoms. The van der Waals surface area contributed by atoms with E-state index in [2.05, 4.69) is 20.4 Å². The average molecular weight is 386 g/mol. The van der Waals surface area contributed by atoms with Gasteiger partial charge in [-0.3, -0.25) is 0 Å². The third-order valence-corrected chi connectivity index (χ3v) is 3.54.